The molecule has 5 nitrogen and oxygen atoms in total. The number of nitrogens with zero attached hydrogens (tertiary/aromatic N) is 1. The number of hydrogen-bond donors (Lipinski definition) is 1. The normalized spacial score (nSPS) is 16.1. The number of para-hydroxylation sites is 1. The van der Waals surface area contributed by atoms with Gasteiger partial charge in [0.05, 0.1) is 17.7 Å². The number of amides is 1. The highest BCUT2D eigenvalue weighted by Gasteiger charge is 2.23. The smallest absolute Gasteiger partial charge is 0.264 e. The standard InChI is InChI=1S/C23H18N2O3S/c1-27-18-12-10-17(11-13-18)24-23-25-22(26)21(29-23)15-16-6-5-9-20(14-16)28-19-7-3-2-4-8-19/h2-15H,1H3,(H,24,25,26)/b21-15-. The molecule has 6 heteroatoms. The molecule has 0 aromatic heterocycles. The third kappa shape index (κ3) is 4.86. The zero-order chi connectivity index (χ0) is 20.1. The number of methoxy groups -OCH3 is 1. The quantitative estimate of drug-likeness (QED) is 0.582. The predicted octanol–water partition coefficient (Wildman–Crippen LogP) is 5.38. The van der Waals surface area contributed by atoms with Gasteiger partial charge < -0.3 is 14.8 Å². The van der Waals surface area contributed by atoms with Crippen molar-refractivity contribution in [3.05, 3.63) is 89.3 Å². The highest BCUT2D eigenvalue weighted by Crippen LogP contribution is 2.30. The number of rotatable bonds is 5. The van der Waals surface area contributed by atoms with Crippen LogP contribution in [0.2, 0.25) is 0 Å². The van der Waals surface area contributed by atoms with E-state index >= 15 is 0 Å². The van der Waals surface area contributed by atoms with Crippen LogP contribution in [0.3, 0.4) is 0 Å². The molecular weight excluding hydrogens is 384 g/mol. The van der Waals surface area contributed by atoms with Crippen molar-refractivity contribution >= 4 is 34.6 Å². The van der Waals surface area contributed by atoms with E-state index in [2.05, 4.69) is 10.3 Å². The molecular formula is C23H18N2O3S. The van der Waals surface area contributed by atoms with Crippen LogP contribution >= 0.6 is 11.8 Å². The maximum atomic E-state index is 12.3. The fourth-order valence-corrected chi connectivity index (χ4v) is 3.54. The Morgan fingerprint density at radius 3 is 2.41 bits per heavy atom. The molecule has 1 fully saturated rings. The van der Waals surface area contributed by atoms with Crippen LogP contribution < -0.4 is 14.8 Å². The number of nitrogens with one attached hydrogen (secondary N) is 1. The van der Waals surface area contributed by atoms with Crippen LogP contribution in [0.1, 0.15) is 5.56 Å². The van der Waals surface area contributed by atoms with Gasteiger partial charge in [0.15, 0.2) is 5.17 Å². The molecule has 3 aromatic rings. The fraction of sp³-hybridized carbons (Fsp3) is 0.0435. The van der Waals surface area contributed by atoms with Crippen molar-refractivity contribution in [2.24, 2.45) is 4.99 Å². The average Bonchev–Trinajstić information content (AvgIpc) is 3.08. The minimum Gasteiger partial charge on any atom is -0.497 e. The van der Waals surface area contributed by atoms with Gasteiger partial charge in [-0.3, -0.25) is 4.79 Å². The summed E-state index contributed by atoms with van der Waals surface area (Å²) in [5, 5.41) is 3.34. The molecule has 144 valence electrons. The Balaban J connectivity index is 1.50. The molecule has 0 saturated carbocycles. The van der Waals surface area contributed by atoms with E-state index in [-0.39, 0.29) is 5.91 Å². The summed E-state index contributed by atoms with van der Waals surface area (Å²) in [6.45, 7) is 0. The zero-order valence-corrected chi connectivity index (χ0v) is 16.5. The van der Waals surface area contributed by atoms with Gasteiger partial charge in [-0.15, -0.1) is 0 Å². The zero-order valence-electron chi connectivity index (χ0n) is 15.7. The predicted molar refractivity (Wildman–Crippen MR) is 117 cm³/mol. The van der Waals surface area contributed by atoms with Gasteiger partial charge in [0.2, 0.25) is 0 Å². The van der Waals surface area contributed by atoms with Crippen molar-refractivity contribution < 1.29 is 14.3 Å². The van der Waals surface area contributed by atoms with Crippen molar-refractivity contribution in [1.82, 2.24) is 5.32 Å². The summed E-state index contributed by atoms with van der Waals surface area (Å²) in [7, 11) is 1.62. The van der Waals surface area contributed by atoms with E-state index < -0.39 is 0 Å². The molecule has 0 atom stereocenters. The average molecular weight is 402 g/mol. The topological polar surface area (TPSA) is 59.9 Å². The SMILES string of the molecule is COc1ccc(N=C2NC(=O)/C(=C/c3cccc(Oc4ccccc4)c3)S2)cc1. The summed E-state index contributed by atoms with van der Waals surface area (Å²) >= 11 is 1.31. The fourth-order valence-electron chi connectivity index (χ4n) is 2.70. The number of aliphatic imine (C=N–C) groups is 1. The van der Waals surface area contributed by atoms with Gasteiger partial charge in [-0.25, -0.2) is 4.99 Å². The van der Waals surface area contributed by atoms with Gasteiger partial charge in [-0.1, -0.05) is 30.3 Å². The van der Waals surface area contributed by atoms with E-state index in [9.17, 15) is 4.79 Å². The van der Waals surface area contributed by atoms with Crippen molar-refractivity contribution in [1.29, 1.82) is 0 Å². The molecule has 0 spiro atoms. The molecule has 3 aromatic carbocycles. The minimum atomic E-state index is -0.170. The van der Waals surface area contributed by atoms with Gasteiger partial charge in [-0.05, 0) is 71.9 Å². The molecule has 1 aliphatic heterocycles. The monoisotopic (exact) mass is 402 g/mol. The first-order valence-electron chi connectivity index (χ1n) is 8.96. The third-order valence-corrected chi connectivity index (χ3v) is 5.00. The number of ether oxygens (including phenoxy) is 2. The van der Waals surface area contributed by atoms with Crippen LogP contribution in [0.5, 0.6) is 17.2 Å². The Kier molecular flexibility index (Phi) is 5.63. The van der Waals surface area contributed by atoms with Gasteiger partial charge >= 0.3 is 0 Å². The van der Waals surface area contributed by atoms with Crippen molar-refractivity contribution in [3.8, 4) is 17.2 Å². The van der Waals surface area contributed by atoms with Crippen LogP contribution in [-0.4, -0.2) is 18.2 Å². The molecule has 4 rings (SSSR count). The lowest BCUT2D eigenvalue weighted by molar-refractivity contribution is -0.115. The molecule has 0 bridgehead atoms. The molecule has 1 amide bonds. The van der Waals surface area contributed by atoms with Gasteiger partial charge in [-0.2, -0.15) is 0 Å². The Morgan fingerprint density at radius 1 is 0.897 bits per heavy atom. The number of hydrogen-bond acceptors (Lipinski definition) is 5. The van der Waals surface area contributed by atoms with Crippen LogP contribution in [0.4, 0.5) is 5.69 Å². The van der Waals surface area contributed by atoms with Gasteiger partial charge in [0.1, 0.15) is 17.2 Å². The van der Waals surface area contributed by atoms with E-state index in [0.29, 0.717) is 15.8 Å². The lowest BCUT2D eigenvalue weighted by Gasteiger charge is -2.06. The van der Waals surface area contributed by atoms with Crippen LogP contribution in [-0.2, 0) is 4.79 Å². The maximum Gasteiger partial charge on any atom is 0.264 e. The molecule has 0 aliphatic carbocycles. The first-order chi connectivity index (χ1) is 14.2. The van der Waals surface area contributed by atoms with E-state index in [0.717, 1.165) is 22.7 Å². The summed E-state index contributed by atoms with van der Waals surface area (Å²) in [5.41, 5.74) is 1.62. The second-order valence-electron chi connectivity index (χ2n) is 6.17. The summed E-state index contributed by atoms with van der Waals surface area (Å²) < 4.78 is 11.0. The van der Waals surface area contributed by atoms with Crippen LogP contribution in [0.25, 0.3) is 6.08 Å². The van der Waals surface area contributed by atoms with E-state index in [4.69, 9.17) is 9.47 Å². The molecule has 29 heavy (non-hydrogen) atoms. The highest BCUT2D eigenvalue weighted by atomic mass is 32.2. The molecule has 1 N–H and O–H groups in total. The Bertz CT molecular complexity index is 1080. The second-order valence-corrected chi connectivity index (χ2v) is 7.20. The number of amidine groups is 1. The maximum absolute atomic E-state index is 12.3. The van der Waals surface area contributed by atoms with E-state index in [1.165, 1.54) is 11.8 Å². The largest absolute Gasteiger partial charge is 0.497 e. The van der Waals surface area contributed by atoms with E-state index in [1.54, 1.807) is 7.11 Å². The lowest BCUT2D eigenvalue weighted by Crippen LogP contribution is -2.19. The highest BCUT2D eigenvalue weighted by molar-refractivity contribution is 8.18. The number of carbonyl (C=O) groups excluding carboxylic acids is 1. The minimum absolute atomic E-state index is 0.170. The number of carbonyl (C=O) groups is 1. The lowest BCUT2D eigenvalue weighted by atomic mass is 10.2. The Labute approximate surface area is 173 Å². The van der Waals surface area contributed by atoms with Gasteiger partial charge in [0.25, 0.3) is 5.91 Å². The molecule has 1 heterocycles. The summed E-state index contributed by atoms with van der Waals surface area (Å²) in [6, 6.07) is 24.5. The van der Waals surface area contributed by atoms with Crippen molar-refractivity contribution in [2.75, 3.05) is 7.11 Å². The van der Waals surface area contributed by atoms with Gasteiger partial charge in [0, 0.05) is 0 Å². The van der Waals surface area contributed by atoms with Crippen molar-refractivity contribution in [3.63, 3.8) is 0 Å². The molecule has 0 radical (unpaired) electrons. The number of benzene rings is 3. The second kappa shape index (κ2) is 8.67. The summed E-state index contributed by atoms with van der Waals surface area (Å²) in [5.74, 6) is 2.06. The Morgan fingerprint density at radius 2 is 1.66 bits per heavy atom. The third-order valence-electron chi connectivity index (χ3n) is 4.09. The Hall–Kier alpha value is -3.51. The first kappa shape index (κ1) is 18.8. The summed E-state index contributed by atoms with van der Waals surface area (Å²) in [6.07, 6.45) is 1.83. The number of thioether (sulfide) groups is 1. The molecule has 0 unspecified atom stereocenters. The van der Waals surface area contributed by atoms with Crippen LogP contribution in [0.15, 0.2) is 88.8 Å². The van der Waals surface area contributed by atoms with Crippen LogP contribution in [0, 0.1) is 0 Å². The molecule has 1 saturated heterocycles. The molecule has 1 aliphatic rings. The van der Waals surface area contributed by atoms with E-state index in [1.807, 2.05) is 84.9 Å². The first-order valence-corrected chi connectivity index (χ1v) is 9.78. The summed E-state index contributed by atoms with van der Waals surface area (Å²) in [4.78, 5) is 17.4. The van der Waals surface area contributed by atoms with Crippen molar-refractivity contribution in [2.45, 2.75) is 0 Å².